The zero-order valence-electron chi connectivity index (χ0n) is 16.6. The molecule has 2 aromatic carbocycles. The number of halogens is 3. The third-order valence-electron chi connectivity index (χ3n) is 5.84. The molecule has 0 radical (unpaired) electrons. The van der Waals surface area contributed by atoms with Gasteiger partial charge in [0.2, 0.25) is 5.79 Å². The Hall–Kier alpha value is -1.70. The minimum atomic E-state index is -1.15. The molecule has 6 nitrogen and oxygen atoms in total. The molecule has 9 heteroatoms. The number of nitrogens with one attached hydrogen (secondary N) is 2. The van der Waals surface area contributed by atoms with Crippen molar-refractivity contribution in [2.24, 2.45) is 28.1 Å². The van der Waals surface area contributed by atoms with E-state index in [1.807, 2.05) is 30.3 Å². The molecule has 0 amide bonds. The molecule has 0 bridgehead atoms. The largest absolute Gasteiger partial charge is 0.370 e. The van der Waals surface area contributed by atoms with Crippen molar-refractivity contribution in [2.45, 2.75) is 37.4 Å². The lowest BCUT2D eigenvalue weighted by molar-refractivity contribution is 0.329. The standard InChI is InChI=1S/C21H27ClN6.2ClH/c22-15-8-10-16(11-9-15)27-21(25)19-17(14-6-4-13(12-23)5-7-14)2-1-3-18(19)26-20(24)28-21;;/h1-3,8-11,13-14,27H,4-7,12,23,25H2,(H3,24,26,28);2*1H/t13-,14-,21?;;. The lowest BCUT2D eigenvalue weighted by Gasteiger charge is -2.38. The van der Waals surface area contributed by atoms with Crippen LogP contribution in [0.25, 0.3) is 0 Å². The number of aliphatic imine (C=N–C) groups is 1. The van der Waals surface area contributed by atoms with Crippen molar-refractivity contribution in [3.8, 4) is 0 Å². The van der Waals surface area contributed by atoms with Crippen LogP contribution in [0.1, 0.15) is 42.7 Å². The number of anilines is 2. The predicted octanol–water partition coefficient (Wildman–Crippen LogP) is 4.34. The average molecular weight is 472 g/mol. The highest BCUT2D eigenvalue weighted by Gasteiger charge is 2.38. The second-order valence-electron chi connectivity index (χ2n) is 7.74. The van der Waals surface area contributed by atoms with E-state index < -0.39 is 5.79 Å². The van der Waals surface area contributed by atoms with E-state index >= 15 is 0 Å². The molecule has 1 aliphatic heterocycles. The van der Waals surface area contributed by atoms with Gasteiger partial charge in [-0.2, -0.15) is 0 Å². The molecule has 4 rings (SSSR count). The van der Waals surface area contributed by atoms with Crippen molar-refractivity contribution < 1.29 is 0 Å². The predicted molar refractivity (Wildman–Crippen MR) is 131 cm³/mol. The molecule has 0 spiro atoms. The lowest BCUT2D eigenvalue weighted by Crippen LogP contribution is -2.49. The summed E-state index contributed by atoms with van der Waals surface area (Å²) in [5, 5.41) is 7.21. The van der Waals surface area contributed by atoms with Crippen LogP contribution in [-0.2, 0) is 5.79 Å². The maximum atomic E-state index is 6.82. The summed E-state index contributed by atoms with van der Waals surface area (Å²) < 4.78 is 0. The fourth-order valence-corrected chi connectivity index (χ4v) is 4.53. The Bertz CT molecular complexity index is 881. The van der Waals surface area contributed by atoms with E-state index in [0.29, 0.717) is 22.8 Å². The minimum Gasteiger partial charge on any atom is -0.370 e. The van der Waals surface area contributed by atoms with E-state index in [2.05, 4.69) is 27.8 Å². The number of fused-ring (bicyclic) bond motifs is 1. The van der Waals surface area contributed by atoms with Crippen LogP contribution in [0.5, 0.6) is 0 Å². The van der Waals surface area contributed by atoms with Crippen molar-refractivity contribution in [2.75, 3.05) is 17.2 Å². The first-order chi connectivity index (χ1) is 13.5. The summed E-state index contributed by atoms with van der Waals surface area (Å²) >= 11 is 6.02. The maximum absolute atomic E-state index is 6.82. The van der Waals surface area contributed by atoms with Crippen LogP contribution in [0.15, 0.2) is 47.5 Å². The third kappa shape index (κ3) is 4.95. The second kappa shape index (κ2) is 10.1. The van der Waals surface area contributed by atoms with Crippen LogP contribution < -0.4 is 27.8 Å². The van der Waals surface area contributed by atoms with Gasteiger partial charge in [-0.15, -0.1) is 24.8 Å². The first kappa shape index (κ1) is 24.6. The van der Waals surface area contributed by atoms with Crippen molar-refractivity contribution in [3.05, 3.63) is 58.6 Å². The molecule has 1 heterocycles. The highest BCUT2D eigenvalue weighted by molar-refractivity contribution is 6.30. The molecule has 1 atom stereocenters. The van der Waals surface area contributed by atoms with Gasteiger partial charge in [-0.25, -0.2) is 4.99 Å². The summed E-state index contributed by atoms with van der Waals surface area (Å²) in [5.74, 6) is 0.196. The fourth-order valence-electron chi connectivity index (χ4n) is 4.40. The lowest BCUT2D eigenvalue weighted by atomic mass is 9.76. The Balaban J connectivity index is 0.00000160. The van der Waals surface area contributed by atoms with Gasteiger partial charge < -0.3 is 22.1 Å². The molecule has 0 aromatic heterocycles. The summed E-state index contributed by atoms with van der Waals surface area (Å²) in [4.78, 5) is 4.56. The Morgan fingerprint density at radius 3 is 2.37 bits per heavy atom. The Morgan fingerprint density at radius 1 is 1.07 bits per heavy atom. The first-order valence-corrected chi connectivity index (χ1v) is 10.1. The van der Waals surface area contributed by atoms with Gasteiger partial charge in [-0.1, -0.05) is 23.7 Å². The number of benzene rings is 2. The van der Waals surface area contributed by atoms with E-state index in [0.717, 1.165) is 49.2 Å². The number of rotatable bonds is 4. The molecule has 30 heavy (non-hydrogen) atoms. The molecule has 8 N–H and O–H groups in total. The summed E-state index contributed by atoms with van der Waals surface area (Å²) in [6, 6.07) is 13.6. The van der Waals surface area contributed by atoms with E-state index in [9.17, 15) is 0 Å². The molecule has 1 fully saturated rings. The van der Waals surface area contributed by atoms with Crippen molar-refractivity contribution in [3.63, 3.8) is 0 Å². The van der Waals surface area contributed by atoms with Crippen molar-refractivity contribution in [1.29, 1.82) is 0 Å². The van der Waals surface area contributed by atoms with Gasteiger partial charge in [0, 0.05) is 16.3 Å². The van der Waals surface area contributed by atoms with Gasteiger partial charge in [-0.3, -0.25) is 5.73 Å². The van der Waals surface area contributed by atoms with E-state index in [4.69, 9.17) is 28.8 Å². The van der Waals surface area contributed by atoms with E-state index in [-0.39, 0.29) is 24.8 Å². The van der Waals surface area contributed by atoms with Crippen LogP contribution in [-0.4, -0.2) is 12.5 Å². The molecule has 1 unspecified atom stereocenters. The van der Waals surface area contributed by atoms with E-state index in [1.165, 1.54) is 5.56 Å². The highest BCUT2D eigenvalue weighted by atomic mass is 35.5. The summed E-state index contributed by atoms with van der Waals surface area (Å²) in [5.41, 5.74) is 22.7. The number of guanidine groups is 1. The van der Waals surface area contributed by atoms with E-state index in [1.54, 1.807) is 0 Å². The topological polar surface area (TPSA) is 114 Å². The maximum Gasteiger partial charge on any atom is 0.215 e. The quantitative estimate of drug-likeness (QED) is 0.426. The van der Waals surface area contributed by atoms with Crippen molar-refractivity contribution in [1.82, 2.24) is 0 Å². The average Bonchev–Trinajstić information content (AvgIpc) is 2.69. The Labute approximate surface area is 194 Å². The SMILES string of the molecule is Cl.Cl.NC[C@H]1CC[C@H](c2cccc3c2C(N)(Nc2ccc(Cl)cc2)N=C(N)N3)CC1. The number of hydrogen-bond acceptors (Lipinski definition) is 6. The van der Waals surface area contributed by atoms with Crippen LogP contribution in [0.4, 0.5) is 11.4 Å². The van der Waals surface area contributed by atoms with Gasteiger partial charge in [0.25, 0.3) is 0 Å². The second-order valence-corrected chi connectivity index (χ2v) is 8.18. The molecular formula is C21H29Cl3N6. The normalized spacial score (nSPS) is 25.0. The van der Waals surface area contributed by atoms with Crippen LogP contribution >= 0.6 is 36.4 Å². The first-order valence-electron chi connectivity index (χ1n) is 9.77. The van der Waals surface area contributed by atoms with Crippen molar-refractivity contribution >= 4 is 53.7 Å². The van der Waals surface area contributed by atoms with Gasteiger partial charge in [0.05, 0.1) is 5.69 Å². The molecule has 1 aliphatic carbocycles. The van der Waals surface area contributed by atoms with Gasteiger partial charge in [0.1, 0.15) is 0 Å². The molecule has 1 saturated carbocycles. The molecular weight excluding hydrogens is 443 g/mol. The van der Waals surface area contributed by atoms with Gasteiger partial charge in [-0.05, 0) is 80.0 Å². The molecule has 164 valence electrons. The summed E-state index contributed by atoms with van der Waals surface area (Å²) in [6.45, 7) is 0.765. The smallest absolute Gasteiger partial charge is 0.215 e. The molecule has 0 saturated heterocycles. The monoisotopic (exact) mass is 470 g/mol. The Morgan fingerprint density at radius 2 is 1.73 bits per heavy atom. The van der Waals surface area contributed by atoms with Crippen LogP contribution in [0.2, 0.25) is 5.02 Å². The molecule has 2 aliphatic rings. The van der Waals surface area contributed by atoms with Gasteiger partial charge >= 0.3 is 0 Å². The summed E-state index contributed by atoms with van der Waals surface area (Å²) in [7, 11) is 0. The zero-order valence-corrected chi connectivity index (χ0v) is 19.0. The zero-order chi connectivity index (χ0) is 19.7. The third-order valence-corrected chi connectivity index (χ3v) is 6.09. The number of hydrogen-bond donors (Lipinski definition) is 5. The minimum absolute atomic E-state index is 0. The van der Waals surface area contributed by atoms with Crippen LogP contribution in [0, 0.1) is 5.92 Å². The fraction of sp³-hybridized carbons (Fsp3) is 0.381. The summed E-state index contributed by atoms with van der Waals surface area (Å²) in [6.07, 6.45) is 4.50. The Kier molecular flexibility index (Phi) is 8.25. The number of nitrogens with zero attached hydrogens (tertiary/aromatic N) is 1. The molecule has 2 aromatic rings. The van der Waals surface area contributed by atoms with Gasteiger partial charge in [0.15, 0.2) is 5.96 Å². The number of nitrogens with two attached hydrogens (primary N) is 3. The highest BCUT2D eigenvalue weighted by Crippen LogP contribution is 2.43. The van der Waals surface area contributed by atoms with Crippen LogP contribution in [0.3, 0.4) is 0 Å².